The lowest BCUT2D eigenvalue weighted by molar-refractivity contribution is 0.0697. The maximum Gasteiger partial charge on any atom is 0.337 e. The Labute approximate surface area is 132 Å². The van der Waals surface area contributed by atoms with Gasteiger partial charge < -0.3 is 5.11 Å². The molecule has 0 amide bonds. The van der Waals surface area contributed by atoms with Crippen LogP contribution in [0, 0.1) is 10.7 Å². The molecule has 0 radical (unpaired) electrons. The Balaban J connectivity index is 2.28. The highest BCUT2D eigenvalue weighted by molar-refractivity contribution is 8.03. The largest absolute Gasteiger partial charge is 0.478 e. The zero-order valence-corrected chi connectivity index (χ0v) is 12.6. The third-order valence-electron chi connectivity index (χ3n) is 3.05. The van der Waals surface area contributed by atoms with Gasteiger partial charge in [-0.3, -0.25) is 0 Å². The molecule has 106 valence electrons. The highest BCUT2D eigenvalue weighted by Gasteiger charge is 2.15. The summed E-state index contributed by atoms with van der Waals surface area (Å²) in [7, 11) is 0. The number of benzene rings is 2. The molecule has 21 heavy (non-hydrogen) atoms. The van der Waals surface area contributed by atoms with Crippen molar-refractivity contribution in [2.45, 2.75) is 11.7 Å². The molecule has 0 fully saturated rings. The van der Waals surface area contributed by atoms with Gasteiger partial charge in [0.15, 0.2) is 0 Å². The smallest absolute Gasteiger partial charge is 0.337 e. The first-order valence-electron chi connectivity index (χ1n) is 6.23. The molecule has 0 saturated carbocycles. The summed E-state index contributed by atoms with van der Waals surface area (Å²) in [6, 6.07) is 14.6. The van der Waals surface area contributed by atoms with Gasteiger partial charge in [-0.25, -0.2) is 4.79 Å². The quantitative estimate of drug-likeness (QED) is 0.823. The van der Waals surface area contributed by atoms with Crippen LogP contribution in [0.3, 0.4) is 0 Å². The monoisotopic (exact) mass is 317 g/mol. The van der Waals surface area contributed by atoms with E-state index < -0.39 is 5.97 Å². The fourth-order valence-electron chi connectivity index (χ4n) is 2.04. The van der Waals surface area contributed by atoms with Gasteiger partial charge in [0.25, 0.3) is 0 Å². The van der Waals surface area contributed by atoms with E-state index >= 15 is 0 Å². The minimum Gasteiger partial charge on any atom is -0.478 e. The number of halogens is 1. The molecule has 5 heteroatoms. The number of aromatic carboxylic acids is 1. The van der Waals surface area contributed by atoms with E-state index in [-0.39, 0.29) is 15.8 Å². The lowest BCUT2D eigenvalue weighted by Crippen LogP contribution is -2.02. The lowest BCUT2D eigenvalue weighted by Gasteiger charge is -2.14. The Hall–Kier alpha value is -1.96. The van der Waals surface area contributed by atoms with Crippen LogP contribution in [-0.4, -0.2) is 11.1 Å². The molecule has 2 rings (SSSR count). The summed E-state index contributed by atoms with van der Waals surface area (Å²) in [5.41, 5.74) is 1.97. The van der Waals surface area contributed by atoms with Gasteiger partial charge in [-0.05, 0) is 41.4 Å². The molecule has 2 aromatic rings. The van der Waals surface area contributed by atoms with Crippen LogP contribution in [-0.2, 0) is 6.42 Å². The van der Waals surface area contributed by atoms with Crippen molar-refractivity contribution in [2.75, 3.05) is 0 Å². The first kappa shape index (κ1) is 15.4. The van der Waals surface area contributed by atoms with Crippen molar-refractivity contribution in [1.29, 1.82) is 5.26 Å². The van der Waals surface area contributed by atoms with Crippen molar-refractivity contribution >= 4 is 29.3 Å². The van der Waals surface area contributed by atoms with Crippen LogP contribution in [0.15, 0.2) is 48.5 Å². The Morgan fingerprint density at radius 2 is 2.00 bits per heavy atom. The molecular weight excluding hydrogens is 306 g/mol. The molecule has 1 atom stereocenters. The third-order valence-corrected chi connectivity index (χ3v) is 4.21. The summed E-state index contributed by atoms with van der Waals surface area (Å²) in [6.07, 6.45) is 0.569. The molecule has 0 aliphatic carbocycles. The summed E-state index contributed by atoms with van der Waals surface area (Å²) in [4.78, 5) is 11.1. The van der Waals surface area contributed by atoms with E-state index in [4.69, 9.17) is 22.0 Å². The highest BCUT2D eigenvalue weighted by atomic mass is 35.5. The maximum atomic E-state index is 11.1. The molecule has 0 aliphatic heterocycles. The van der Waals surface area contributed by atoms with E-state index in [1.165, 1.54) is 11.8 Å². The second-order valence-corrected chi connectivity index (χ2v) is 5.83. The highest BCUT2D eigenvalue weighted by Crippen LogP contribution is 2.32. The average molecular weight is 318 g/mol. The minimum atomic E-state index is -1.05. The number of nitriles is 1. The Kier molecular flexibility index (Phi) is 5.26. The number of carbonyl (C=O) groups is 1. The van der Waals surface area contributed by atoms with Crippen molar-refractivity contribution in [2.24, 2.45) is 0 Å². The van der Waals surface area contributed by atoms with E-state index in [9.17, 15) is 4.79 Å². The predicted molar refractivity (Wildman–Crippen MR) is 84.5 cm³/mol. The number of nitrogens with zero attached hydrogens (tertiary/aromatic N) is 1. The van der Waals surface area contributed by atoms with Gasteiger partial charge in [-0.1, -0.05) is 48.0 Å². The molecule has 0 aliphatic rings. The van der Waals surface area contributed by atoms with Gasteiger partial charge in [0.1, 0.15) is 5.40 Å². The zero-order chi connectivity index (χ0) is 15.2. The first-order valence-corrected chi connectivity index (χ1v) is 7.49. The van der Waals surface area contributed by atoms with Gasteiger partial charge >= 0.3 is 5.97 Å². The maximum absolute atomic E-state index is 11.1. The Bertz CT molecular complexity index is 682. The SMILES string of the molecule is N#CSC(Cc1ccc(Cl)c(C(=O)O)c1)c1ccccc1. The van der Waals surface area contributed by atoms with Crippen molar-refractivity contribution in [1.82, 2.24) is 0 Å². The van der Waals surface area contributed by atoms with E-state index in [1.807, 2.05) is 30.3 Å². The predicted octanol–water partition coefficient (Wildman–Crippen LogP) is 4.54. The molecule has 1 N–H and O–H groups in total. The fourth-order valence-corrected chi connectivity index (χ4v) is 2.93. The lowest BCUT2D eigenvalue weighted by atomic mass is 10.0. The van der Waals surface area contributed by atoms with Crippen LogP contribution in [0.5, 0.6) is 0 Å². The van der Waals surface area contributed by atoms with Gasteiger partial charge in [-0.15, -0.1) is 0 Å². The summed E-state index contributed by atoms with van der Waals surface area (Å²) in [5.74, 6) is -1.05. The van der Waals surface area contributed by atoms with E-state index in [0.29, 0.717) is 6.42 Å². The van der Waals surface area contributed by atoms with Crippen molar-refractivity contribution in [3.05, 3.63) is 70.2 Å². The van der Waals surface area contributed by atoms with E-state index in [0.717, 1.165) is 11.1 Å². The number of carboxylic acid groups (broad SMARTS) is 1. The van der Waals surface area contributed by atoms with E-state index in [2.05, 4.69) is 5.40 Å². The van der Waals surface area contributed by atoms with Crippen LogP contribution in [0.25, 0.3) is 0 Å². The topological polar surface area (TPSA) is 61.1 Å². The standard InChI is InChI=1S/C16H12ClNO2S/c17-14-7-6-11(8-13(14)16(19)20)9-15(21-10-18)12-4-2-1-3-5-12/h1-8,15H,9H2,(H,19,20). The molecule has 3 nitrogen and oxygen atoms in total. The number of thiocyanates is 1. The molecule has 0 aromatic heterocycles. The first-order chi connectivity index (χ1) is 10.1. The molecule has 2 aromatic carbocycles. The molecule has 0 heterocycles. The molecule has 0 bridgehead atoms. The average Bonchev–Trinajstić information content (AvgIpc) is 2.49. The molecule has 1 unspecified atom stereocenters. The summed E-state index contributed by atoms with van der Waals surface area (Å²) >= 11 is 7.04. The van der Waals surface area contributed by atoms with Gasteiger partial charge in [0.05, 0.1) is 10.6 Å². The van der Waals surface area contributed by atoms with Crippen LogP contribution in [0.1, 0.15) is 26.7 Å². The van der Waals surface area contributed by atoms with Crippen molar-refractivity contribution in [3.8, 4) is 5.40 Å². The number of carboxylic acids is 1. The van der Waals surface area contributed by atoms with E-state index in [1.54, 1.807) is 18.2 Å². The Morgan fingerprint density at radius 3 is 2.62 bits per heavy atom. The van der Waals surface area contributed by atoms with Gasteiger partial charge in [-0.2, -0.15) is 5.26 Å². The summed E-state index contributed by atoms with van der Waals surface area (Å²) in [5, 5.41) is 20.3. The fraction of sp³-hybridized carbons (Fsp3) is 0.125. The molecular formula is C16H12ClNO2S. The second kappa shape index (κ2) is 7.16. The van der Waals surface area contributed by atoms with Crippen LogP contribution in [0.4, 0.5) is 0 Å². The third kappa shape index (κ3) is 4.01. The van der Waals surface area contributed by atoms with Gasteiger partial charge in [0.2, 0.25) is 0 Å². The number of hydrogen-bond donors (Lipinski definition) is 1. The number of thioether (sulfide) groups is 1. The summed E-state index contributed by atoms with van der Waals surface area (Å²) in [6.45, 7) is 0. The number of rotatable bonds is 5. The molecule has 0 spiro atoms. The normalized spacial score (nSPS) is 11.6. The van der Waals surface area contributed by atoms with Crippen molar-refractivity contribution in [3.63, 3.8) is 0 Å². The molecule has 0 saturated heterocycles. The van der Waals surface area contributed by atoms with Crippen LogP contribution >= 0.6 is 23.4 Å². The van der Waals surface area contributed by atoms with Crippen LogP contribution in [0.2, 0.25) is 5.02 Å². The zero-order valence-electron chi connectivity index (χ0n) is 11.0. The number of hydrogen-bond acceptors (Lipinski definition) is 3. The van der Waals surface area contributed by atoms with Crippen molar-refractivity contribution < 1.29 is 9.90 Å². The summed E-state index contributed by atoms with van der Waals surface area (Å²) < 4.78 is 0. The van der Waals surface area contributed by atoms with Crippen LogP contribution < -0.4 is 0 Å². The Morgan fingerprint density at radius 1 is 1.29 bits per heavy atom. The second-order valence-electron chi connectivity index (χ2n) is 4.43. The minimum absolute atomic E-state index is 0.0426. The van der Waals surface area contributed by atoms with Gasteiger partial charge in [0, 0.05) is 5.25 Å².